The lowest BCUT2D eigenvalue weighted by atomic mass is 10.1. The van der Waals surface area contributed by atoms with Crippen molar-refractivity contribution in [2.24, 2.45) is 5.10 Å². The number of nitro benzene ring substituents is 1. The predicted molar refractivity (Wildman–Crippen MR) is 103 cm³/mol. The summed E-state index contributed by atoms with van der Waals surface area (Å²) in [4.78, 5) is 22.8. The summed E-state index contributed by atoms with van der Waals surface area (Å²) in [7, 11) is 0. The zero-order valence-corrected chi connectivity index (χ0v) is 16.0. The smallest absolute Gasteiger partial charge is 0.311 e. The van der Waals surface area contributed by atoms with E-state index in [2.05, 4.69) is 17.5 Å². The van der Waals surface area contributed by atoms with Crippen molar-refractivity contribution in [2.45, 2.75) is 31.3 Å². The van der Waals surface area contributed by atoms with Gasteiger partial charge < -0.3 is 4.74 Å². The first-order valence-corrected chi connectivity index (χ1v) is 9.84. The zero-order valence-electron chi connectivity index (χ0n) is 14.4. The third kappa shape index (κ3) is 5.37. The van der Waals surface area contributed by atoms with Gasteiger partial charge in [-0.1, -0.05) is 0 Å². The molecule has 0 atom stereocenters. The maximum absolute atomic E-state index is 12.1. The number of rotatable bonds is 7. The van der Waals surface area contributed by atoms with Crippen LogP contribution in [0.4, 0.5) is 5.69 Å². The van der Waals surface area contributed by atoms with E-state index in [1.807, 2.05) is 0 Å². The molecule has 0 unspecified atom stereocenters. The number of hydrazone groups is 1. The highest BCUT2D eigenvalue weighted by Gasteiger charge is 2.32. The topological polar surface area (TPSA) is 93.8 Å². The largest absolute Gasteiger partial charge is 0.487 e. The maximum atomic E-state index is 12.1. The Bertz CT molecular complexity index is 688. The molecule has 0 spiro atoms. The Morgan fingerprint density at radius 3 is 2.72 bits per heavy atom. The van der Waals surface area contributed by atoms with Crippen LogP contribution in [0.25, 0.3) is 0 Å². The molecule has 9 heteroatoms. The molecule has 1 fully saturated rings. The summed E-state index contributed by atoms with van der Waals surface area (Å²) < 4.78 is 5.16. The van der Waals surface area contributed by atoms with E-state index in [0.29, 0.717) is 24.3 Å². The van der Waals surface area contributed by atoms with Crippen LogP contribution in [0.2, 0.25) is 0 Å². The Balaban J connectivity index is 2.07. The van der Waals surface area contributed by atoms with Crippen molar-refractivity contribution in [2.75, 3.05) is 18.1 Å². The number of hydrogen-bond donors (Lipinski definition) is 1. The van der Waals surface area contributed by atoms with Gasteiger partial charge in [-0.25, -0.2) is 5.43 Å². The van der Waals surface area contributed by atoms with Crippen molar-refractivity contribution in [1.82, 2.24) is 5.43 Å². The predicted octanol–water partition coefficient (Wildman–Crippen LogP) is 3.42. The molecule has 7 nitrogen and oxygen atoms in total. The highest BCUT2D eigenvalue weighted by Crippen LogP contribution is 2.45. The van der Waals surface area contributed by atoms with Crippen LogP contribution in [0.3, 0.4) is 0 Å². The van der Waals surface area contributed by atoms with Crippen molar-refractivity contribution >= 4 is 40.8 Å². The van der Waals surface area contributed by atoms with Gasteiger partial charge in [0.2, 0.25) is 5.91 Å². The summed E-state index contributed by atoms with van der Waals surface area (Å²) >= 11 is 3.56. The number of nitrogens with one attached hydrogen (secondary N) is 1. The molecule has 1 N–H and O–H groups in total. The molecular weight excluding hydrogens is 362 g/mol. The number of hydrogen-bond acceptors (Lipinski definition) is 7. The highest BCUT2D eigenvalue weighted by molar-refractivity contribution is 8.21. The van der Waals surface area contributed by atoms with Crippen LogP contribution < -0.4 is 10.2 Å². The molecular formula is C16H21N3O4S2. The molecule has 0 aliphatic carbocycles. The second kappa shape index (κ2) is 8.57. The van der Waals surface area contributed by atoms with E-state index in [1.54, 1.807) is 49.5 Å². The zero-order chi connectivity index (χ0) is 18.4. The minimum atomic E-state index is -0.490. The molecule has 1 heterocycles. The molecule has 1 aromatic rings. The molecule has 136 valence electrons. The van der Waals surface area contributed by atoms with Crippen molar-refractivity contribution in [3.05, 3.63) is 33.9 Å². The standard InChI is InChI=1S/C16H21N3O4S2/c1-4-23-14-6-5-12(9-13(14)19(21)22)11(2)17-18-15(20)10-16(3)24-7-8-25-16/h5-6,9H,4,7-8,10H2,1-3H3,(H,18,20). The maximum Gasteiger partial charge on any atom is 0.311 e. The fourth-order valence-electron chi connectivity index (χ4n) is 2.36. The normalized spacial score (nSPS) is 16.5. The van der Waals surface area contributed by atoms with Gasteiger partial charge in [-0.3, -0.25) is 14.9 Å². The minimum absolute atomic E-state index is 0.106. The lowest BCUT2D eigenvalue weighted by molar-refractivity contribution is -0.385. The van der Waals surface area contributed by atoms with Gasteiger partial charge in [0.1, 0.15) is 0 Å². The molecule has 25 heavy (non-hydrogen) atoms. The van der Waals surface area contributed by atoms with Crippen LogP contribution >= 0.6 is 23.5 Å². The molecule has 1 aromatic carbocycles. The summed E-state index contributed by atoms with van der Waals surface area (Å²) in [5.41, 5.74) is 3.48. The van der Waals surface area contributed by atoms with Gasteiger partial charge in [0, 0.05) is 23.1 Å². The number of amides is 1. The van der Waals surface area contributed by atoms with Gasteiger partial charge in [-0.05, 0) is 32.9 Å². The fourth-order valence-corrected chi connectivity index (χ4v) is 5.19. The highest BCUT2D eigenvalue weighted by atomic mass is 32.2. The summed E-state index contributed by atoms with van der Waals surface area (Å²) in [6, 6.07) is 4.64. The van der Waals surface area contributed by atoms with Gasteiger partial charge in [0.15, 0.2) is 5.75 Å². The van der Waals surface area contributed by atoms with Gasteiger partial charge in [0.05, 0.1) is 27.7 Å². The number of benzene rings is 1. The van der Waals surface area contributed by atoms with Gasteiger partial charge in [-0.15, -0.1) is 23.5 Å². The molecule has 1 aliphatic rings. The number of ether oxygens (including phenoxy) is 1. The second-order valence-corrected chi connectivity index (χ2v) is 9.07. The van der Waals surface area contributed by atoms with E-state index in [0.717, 1.165) is 11.5 Å². The van der Waals surface area contributed by atoms with Crippen LogP contribution in [-0.2, 0) is 4.79 Å². The van der Waals surface area contributed by atoms with E-state index >= 15 is 0 Å². The molecule has 1 aliphatic heterocycles. The minimum Gasteiger partial charge on any atom is -0.487 e. The molecule has 0 aromatic heterocycles. The second-order valence-electron chi connectivity index (χ2n) is 5.61. The SMILES string of the molecule is CCOc1ccc(C(C)=NNC(=O)CC2(C)SCCS2)cc1[N+](=O)[O-]. The lowest BCUT2D eigenvalue weighted by Gasteiger charge is -2.19. The average Bonchev–Trinajstić information content (AvgIpc) is 2.99. The van der Waals surface area contributed by atoms with Crippen LogP contribution in [-0.4, -0.2) is 38.7 Å². The number of carbonyl (C=O) groups is 1. The number of nitrogens with zero attached hydrogens (tertiary/aromatic N) is 2. The van der Waals surface area contributed by atoms with E-state index in [4.69, 9.17) is 4.74 Å². The van der Waals surface area contributed by atoms with Gasteiger partial charge in [-0.2, -0.15) is 5.10 Å². The van der Waals surface area contributed by atoms with Crippen LogP contribution in [0.15, 0.2) is 23.3 Å². The summed E-state index contributed by atoms with van der Waals surface area (Å²) in [5, 5.41) is 15.3. The van der Waals surface area contributed by atoms with E-state index < -0.39 is 4.92 Å². The molecule has 1 saturated heterocycles. The first kappa shape index (κ1) is 19.6. The van der Waals surface area contributed by atoms with E-state index in [9.17, 15) is 14.9 Å². The lowest BCUT2D eigenvalue weighted by Crippen LogP contribution is -2.26. The molecule has 2 rings (SSSR count). The average molecular weight is 383 g/mol. The Morgan fingerprint density at radius 1 is 1.44 bits per heavy atom. The fraction of sp³-hybridized carbons (Fsp3) is 0.500. The van der Waals surface area contributed by atoms with E-state index in [-0.39, 0.29) is 21.4 Å². The van der Waals surface area contributed by atoms with E-state index in [1.165, 1.54) is 6.07 Å². The number of carbonyl (C=O) groups excluding carboxylic acids is 1. The van der Waals surface area contributed by atoms with Crippen molar-refractivity contribution in [3.8, 4) is 5.75 Å². The van der Waals surface area contributed by atoms with Crippen molar-refractivity contribution in [3.63, 3.8) is 0 Å². The van der Waals surface area contributed by atoms with Gasteiger partial charge in [0.25, 0.3) is 0 Å². The van der Waals surface area contributed by atoms with Gasteiger partial charge >= 0.3 is 5.69 Å². The first-order valence-electron chi connectivity index (χ1n) is 7.87. The Morgan fingerprint density at radius 2 is 2.12 bits per heavy atom. The molecule has 0 radical (unpaired) electrons. The summed E-state index contributed by atoms with van der Waals surface area (Å²) in [6.45, 7) is 5.86. The first-order chi connectivity index (χ1) is 11.8. The molecule has 1 amide bonds. The molecule has 0 saturated carbocycles. The third-order valence-corrected chi connectivity index (χ3v) is 6.89. The van der Waals surface area contributed by atoms with Crippen molar-refractivity contribution < 1.29 is 14.5 Å². The Hall–Kier alpha value is -1.74. The Kier molecular flexibility index (Phi) is 6.71. The number of nitro groups is 1. The molecule has 0 bridgehead atoms. The number of thioether (sulfide) groups is 2. The summed E-state index contributed by atoms with van der Waals surface area (Å²) in [6.07, 6.45) is 0.378. The van der Waals surface area contributed by atoms with Crippen LogP contribution in [0.1, 0.15) is 32.8 Å². The van der Waals surface area contributed by atoms with Crippen LogP contribution in [0.5, 0.6) is 5.75 Å². The monoisotopic (exact) mass is 383 g/mol. The van der Waals surface area contributed by atoms with Crippen LogP contribution in [0, 0.1) is 10.1 Å². The Labute approximate surface area is 155 Å². The third-order valence-electron chi connectivity index (χ3n) is 3.60. The summed E-state index contributed by atoms with van der Waals surface area (Å²) in [5.74, 6) is 2.15. The quantitative estimate of drug-likeness (QED) is 0.440. The van der Waals surface area contributed by atoms with Crippen molar-refractivity contribution in [1.29, 1.82) is 0 Å².